The fourth-order valence-electron chi connectivity index (χ4n) is 4.52. The maximum Gasteiger partial charge on any atom is 0.260 e. The molecule has 2 heterocycles. The maximum atomic E-state index is 13.8. The minimum Gasteiger partial charge on any atom is -0.379 e. The van der Waals surface area contributed by atoms with Crippen LogP contribution < -0.4 is 4.90 Å². The number of hydrogen-bond acceptors (Lipinski definition) is 5. The molecule has 1 aliphatic heterocycles. The molecule has 0 unspecified atom stereocenters. The fourth-order valence-corrected chi connectivity index (χ4v) is 5.72. The predicted octanol–water partition coefficient (Wildman–Crippen LogP) is 6.22. The van der Waals surface area contributed by atoms with E-state index in [-0.39, 0.29) is 5.91 Å². The third kappa shape index (κ3) is 5.79. The van der Waals surface area contributed by atoms with Gasteiger partial charge in [0.1, 0.15) is 0 Å². The Kier molecular flexibility index (Phi) is 7.97. The molecule has 1 aliphatic rings. The lowest BCUT2D eigenvalue weighted by Gasteiger charge is -2.27. The molecular formula is C29H30ClN3O2S. The number of fused-ring (bicyclic) bond motifs is 1. The van der Waals surface area contributed by atoms with Gasteiger partial charge in [0, 0.05) is 36.8 Å². The van der Waals surface area contributed by atoms with Crippen molar-refractivity contribution in [1.82, 2.24) is 9.88 Å². The highest BCUT2D eigenvalue weighted by Crippen LogP contribution is 2.34. The quantitative estimate of drug-likeness (QED) is 0.277. The zero-order valence-corrected chi connectivity index (χ0v) is 22.0. The lowest BCUT2D eigenvalue weighted by molar-refractivity contribution is 0.0376. The molecule has 5 nitrogen and oxygen atoms in total. The first-order chi connectivity index (χ1) is 17.6. The smallest absolute Gasteiger partial charge is 0.260 e. The molecule has 1 aromatic heterocycles. The molecule has 0 N–H and O–H groups in total. The van der Waals surface area contributed by atoms with Crippen molar-refractivity contribution < 1.29 is 9.53 Å². The number of rotatable bonds is 8. The zero-order valence-electron chi connectivity index (χ0n) is 20.5. The van der Waals surface area contributed by atoms with Gasteiger partial charge < -0.3 is 4.74 Å². The average Bonchev–Trinajstić information content (AvgIpc) is 3.35. The summed E-state index contributed by atoms with van der Waals surface area (Å²) >= 11 is 7.89. The van der Waals surface area contributed by atoms with Crippen molar-refractivity contribution in [2.45, 2.75) is 19.8 Å². The third-order valence-electron chi connectivity index (χ3n) is 6.62. The number of anilines is 1. The molecule has 4 aromatic rings. The van der Waals surface area contributed by atoms with Crippen LogP contribution in [-0.2, 0) is 11.2 Å². The van der Waals surface area contributed by atoms with Crippen LogP contribution in [0.1, 0.15) is 33.5 Å². The second kappa shape index (κ2) is 11.5. The van der Waals surface area contributed by atoms with Crippen molar-refractivity contribution in [2.75, 3.05) is 44.3 Å². The van der Waals surface area contributed by atoms with Gasteiger partial charge in [-0.3, -0.25) is 14.6 Å². The molecule has 1 saturated heterocycles. The summed E-state index contributed by atoms with van der Waals surface area (Å²) in [6.07, 6.45) is 1.71. The van der Waals surface area contributed by atoms with Gasteiger partial charge >= 0.3 is 0 Å². The molecule has 7 heteroatoms. The molecule has 0 spiro atoms. The van der Waals surface area contributed by atoms with Crippen LogP contribution in [0.5, 0.6) is 0 Å². The van der Waals surface area contributed by atoms with Gasteiger partial charge in [-0.2, -0.15) is 0 Å². The van der Waals surface area contributed by atoms with Crippen LogP contribution in [0.4, 0.5) is 5.13 Å². The molecule has 0 radical (unpaired) electrons. The monoisotopic (exact) mass is 519 g/mol. The van der Waals surface area contributed by atoms with E-state index in [1.54, 1.807) is 11.3 Å². The van der Waals surface area contributed by atoms with Gasteiger partial charge in [-0.1, -0.05) is 65.4 Å². The predicted molar refractivity (Wildman–Crippen MR) is 149 cm³/mol. The lowest BCUT2D eigenvalue weighted by Crippen LogP contribution is -2.39. The number of carbonyl (C=O) groups excluding carboxylic acids is 1. The van der Waals surface area contributed by atoms with Crippen molar-refractivity contribution in [3.63, 3.8) is 0 Å². The number of amides is 1. The number of thiazole rings is 1. The Morgan fingerprint density at radius 1 is 1.03 bits per heavy atom. The van der Waals surface area contributed by atoms with E-state index in [1.807, 2.05) is 42.2 Å². The highest BCUT2D eigenvalue weighted by molar-refractivity contribution is 7.22. The van der Waals surface area contributed by atoms with Crippen molar-refractivity contribution in [2.24, 2.45) is 0 Å². The van der Waals surface area contributed by atoms with Gasteiger partial charge in [0.15, 0.2) is 5.13 Å². The molecule has 0 atom stereocenters. The minimum absolute atomic E-state index is 0.0222. The van der Waals surface area contributed by atoms with Gasteiger partial charge in [0.05, 0.1) is 23.4 Å². The Bertz CT molecular complexity index is 1320. The molecule has 1 fully saturated rings. The van der Waals surface area contributed by atoms with Crippen LogP contribution in [0.3, 0.4) is 0 Å². The van der Waals surface area contributed by atoms with E-state index in [2.05, 4.69) is 41.3 Å². The number of aryl methyl sites for hydroxylation is 1. The van der Waals surface area contributed by atoms with E-state index in [9.17, 15) is 4.79 Å². The zero-order chi connectivity index (χ0) is 24.9. The molecule has 0 bridgehead atoms. The maximum absolute atomic E-state index is 13.8. The fraction of sp³-hybridized carbons (Fsp3) is 0.310. The highest BCUT2D eigenvalue weighted by Gasteiger charge is 2.22. The summed E-state index contributed by atoms with van der Waals surface area (Å²) in [5.74, 6) is -0.0222. The molecule has 5 rings (SSSR count). The van der Waals surface area contributed by atoms with Crippen molar-refractivity contribution in [3.8, 4) is 0 Å². The molecular weight excluding hydrogens is 490 g/mol. The number of benzene rings is 3. The first kappa shape index (κ1) is 24.9. The minimum atomic E-state index is -0.0222. The Labute approximate surface area is 221 Å². The van der Waals surface area contributed by atoms with Crippen molar-refractivity contribution in [3.05, 3.63) is 94.0 Å². The summed E-state index contributed by atoms with van der Waals surface area (Å²) in [4.78, 5) is 22.9. The first-order valence-electron chi connectivity index (χ1n) is 12.4. The summed E-state index contributed by atoms with van der Waals surface area (Å²) in [6, 6.07) is 22.2. The third-order valence-corrected chi connectivity index (χ3v) is 8.08. The summed E-state index contributed by atoms with van der Waals surface area (Å²) in [5, 5.41) is 1.41. The summed E-state index contributed by atoms with van der Waals surface area (Å²) in [7, 11) is 0. The number of nitrogens with zero attached hydrogens (tertiary/aromatic N) is 3. The largest absolute Gasteiger partial charge is 0.379 e. The molecule has 0 saturated carbocycles. The van der Waals surface area contributed by atoms with Crippen LogP contribution in [0, 0.1) is 6.92 Å². The van der Waals surface area contributed by atoms with Gasteiger partial charge in [-0.05, 0) is 60.7 Å². The number of hydrogen-bond donors (Lipinski definition) is 0. The van der Waals surface area contributed by atoms with Crippen LogP contribution in [0.2, 0.25) is 5.02 Å². The molecule has 36 heavy (non-hydrogen) atoms. The SMILES string of the molecule is Cc1c(Cl)ccc2sc(N(CCCN3CCOCC3)C(=O)c3ccc(Cc4ccccc4)cc3)nc12. The Hall–Kier alpha value is -2.77. The highest BCUT2D eigenvalue weighted by atomic mass is 35.5. The van der Waals surface area contributed by atoms with Gasteiger partial charge in [-0.25, -0.2) is 4.98 Å². The van der Waals surface area contributed by atoms with E-state index in [0.29, 0.717) is 17.1 Å². The van der Waals surface area contributed by atoms with Gasteiger partial charge in [0.25, 0.3) is 5.91 Å². The topological polar surface area (TPSA) is 45.7 Å². The van der Waals surface area contributed by atoms with Crippen LogP contribution in [0.15, 0.2) is 66.7 Å². The van der Waals surface area contributed by atoms with E-state index < -0.39 is 0 Å². The second-order valence-electron chi connectivity index (χ2n) is 9.14. The van der Waals surface area contributed by atoms with Gasteiger partial charge in [-0.15, -0.1) is 0 Å². The van der Waals surface area contributed by atoms with Crippen molar-refractivity contribution in [1.29, 1.82) is 0 Å². The van der Waals surface area contributed by atoms with Crippen LogP contribution in [-0.4, -0.2) is 55.2 Å². The molecule has 3 aromatic carbocycles. The molecule has 1 amide bonds. The molecule has 186 valence electrons. The normalized spacial score (nSPS) is 14.3. The number of halogens is 1. The number of morpholine rings is 1. The number of ether oxygens (including phenoxy) is 1. The first-order valence-corrected chi connectivity index (χ1v) is 13.6. The Morgan fingerprint density at radius 2 is 1.75 bits per heavy atom. The summed E-state index contributed by atoms with van der Waals surface area (Å²) < 4.78 is 6.51. The van der Waals surface area contributed by atoms with E-state index in [1.165, 1.54) is 11.1 Å². The van der Waals surface area contributed by atoms with E-state index in [0.717, 1.165) is 66.6 Å². The molecule has 0 aliphatic carbocycles. The van der Waals surface area contributed by atoms with Crippen LogP contribution in [0.25, 0.3) is 10.2 Å². The summed E-state index contributed by atoms with van der Waals surface area (Å²) in [6.45, 7) is 6.94. The summed E-state index contributed by atoms with van der Waals surface area (Å²) in [5.41, 5.74) is 4.92. The standard InChI is InChI=1S/C29H30ClN3O2S/c1-21-25(30)12-13-26-27(21)31-29(36-26)33(15-5-14-32-16-18-35-19-17-32)28(34)24-10-8-23(9-11-24)20-22-6-3-2-4-7-22/h2-4,6-13H,5,14-20H2,1H3. The van der Waals surface area contributed by atoms with E-state index >= 15 is 0 Å². The van der Waals surface area contributed by atoms with Crippen LogP contribution >= 0.6 is 22.9 Å². The Balaban J connectivity index is 1.37. The number of carbonyl (C=O) groups is 1. The Morgan fingerprint density at radius 3 is 2.50 bits per heavy atom. The van der Waals surface area contributed by atoms with E-state index in [4.69, 9.17) is 21.3 Å². The number of aromatic nitrogens is 1. The second-order valence-corrected chi connectivity index (χ2v) is 10.6. The van der Waals surface area contributed by atoms with Gasteiger partial charge in [0.2, 0.25) is 0 Å². The lowest BCUT2D eigenvalue weighted by atomic mass is 10.0. The van der Waals surface area contributed by atoms with Crippen molar-refractivity contribution >= 4 is 44.2 Å². The average molecular weight is 520 g/mol.